The number of rotatable bonds is 5. The maximum atomic E-state index is 12.1. The first kappa shape index (κ1) is 18.8. The van der Waals surface area contributed by atoms with Gasteiger partial charge in [-0.1, -0.05) is 0 Å². The SMILES string of the molecule is Cc1cc(C)n(CCCNC(=O)Nc2ccc3c(c2)N(C)C(=O)[C@H](C)O3)n1. The molecular weight excluding hydrogens is 346 g/mol. The van der Waals surface area contributed by atoms with Gasteiger partial charge in [-0.05, 0) is 51.5 Å². The number of hydrogen-bond donors (Lipinski definition) is 2. The number of ether oxygens (including phenoxy) is 1. The molecular formula is C19H25N5O3. The maximum Gasteiger partial charge on any atom is 0.319 e. The van der Waals surface area contributed by atoms with Gasteiger partial charge in [0.15, 0.2) is 6.10 Å². The van der Waals surface area contributed by atoms with Crippen molar-refractivity contribution in [3.63, 3.8) is 0 Å². The topological polar surface area (TPSA) is 88.5 Å². The first-order chi connectivity index (χ1) is 12.8. The van der Waals surface area contributed by atoms with E-state index in [4.69, 9.17) is 4.74 Å². The molecule has 1 aromatic carbocycles. The molecule has 2 aromatic rings. The zero-order valence-corrected chi connectivity index (χ0v) is 16.1. The van der Waals surface area contributed by atoms with Crippen LogP contribution in [0.3, 0.4) is 0 Å². The van der Waals surface area contributed by atoms with E-state index in [0.717, 1.165) is 24.4 Å². The minimum Gasteiger partial charge on any atom is -0.479 e. The van der Waals surface area contributed by atoms with Gasteiger partial charge < -0.3 is 20.3 Å². The molecule has 0 bridgehead atoms. The van der Waals surface area contributed by atoms with E-state index in [9.17, 15) is 9.59 Å². The maximum absolute atomic E-state index is 12.1. The Bertz CT molecular complexity index is 861. The average Bonchev–Trinajstić information content (AvgIpc) is 2.95. The van der Waals surface area contributed by atoms with Crippen LogP contribution in [0.1, 0.15) is 24.7 Å². The van der Waals surface area contributed by atoms with E-state index in [0.29, 0.717) is 23.7 Å². The molecule has 3 rings (SSSR count). The quantitative estimate of drug-likeness (QED) is 0.790. The predicted octanol–water partition coefficient (Wildman–Crippen LogP) is 2.46. The predicted molar refractivity (Wildman–Crippen MR) is 103 cm³/mol. The summed E-state index contributed by atoms with van der Waals surface area (Å²) in [5.74, 6) is 0.508. The van der Waals surface area contributed by atoms with Gasteiger partial charge in [-0.15, -0.1) is 0 Å². The molecule has 1 atom stereocenters. The zero-order valence-electron chi connectivity index (χ0n) is 16.1. The normalized spacial score (nSPS) is 15.9. The molecule has 1 aliphatic rings. The highest BCUT2D eigenvalue weighted by atomic mass is 16.5. The molecule has 8 nitrogen and oxygen atoms in total. The van der Waals surface area contributed by atoms with Gasteiger partial charge >= 0.3 is 6.03 Å². The first-order valence-electron chi connectivity index (χ1n) is 8.99. The average molecular weight is 371 g/mol. The Morgan fingerprint density at radius 2 is 2.07 bits per heavy atom. The van der Waals surface area contributed by atoms with E-state index in [1.54, 1.807) is 37.1 Å². The number of benzene rings is 1. The number of urea groups is 1. The Balaban J connectivity index is 1.51. The second-order valence-corrected chi connectivity index (χ2v) is 6.72. The third kappa shape index (κ3) is 4.21. The zero-order chi connectivity index (χ0) is 19.6. The van der Waals surface area contributed by atoms with Gasteiger partial charge in [0.05, 0.1) is 11.4 Å². The number of fused-ring (bicyclic) bond motifs is 1. The van der Waals surface area contributed by atoms with Crippen molar-refractivity contribution in [2.45, 2.75) is 39.8 Å². The van der Waals surface area contributed by atoms with Crippen molar-refractivity contribution < 1.29 is 14.3 Å². The standard InChI is InChI=1S/C19H25N5O3/c1-12-10-13(2)24(22-12)9-5-8-20-19(26)21-15-6-7-17-16(11-15)23(4)18(25)14(3)27-17/h6-7,10-11,14H,5,8-9H2,1-4H3,(H2,20,21,26)/t14-/m0/s1. The van der Waals surface area contributed by atoms with Crippen LogP contribution in [-0.2, 0) is 11.3 Å². The fourth-order valence-electron chi connectivity index (χ4n) is 3.10. The number of carbonyl (C=O) groups excluding carboxylic acids is 2. The summed E-state index contributed by atoms with van der Waals surface area (Å²) in [4.78, 5) is 25.7. The van der Waals surface area contributed by atoms with E-state index in [-0.39, 0.29) is 11.9 Å². The number of hydrogen-bond acceptors (Lipinski definition) is 4. The second-order valence-electron chi connectivity index (χ2n) is 6.72. The van der Waals surface area contributed by atoms with Crippen molar-refractivity contribution in [3.8, 4) is 5.75 Å². The monoisotopic (exact) mass is 371 g/mol. The number of aromatic nitrogens is 2. The number of anilines is 2. The van der Waals surface area contributed by atoms with Gasteiger partial charge in [-0.3, -0.25) is 9.48 Å². The summed E-state index contributed by atoms with van der Waals surface area (Å²) in [6, 6.07) is 6.98. The summed E-state index contributed by atoms with van der Waals surface area (Å²) in [5, 5.41) is 10.0. The van der Waals surface area contributed by atoms with Crippen molar-refractivity contribution in [1.82, 2.24) is 15.1 Å². The highest BCUT2D eigenvalue weighted by molar-refractivity contribution is 6.00. The van der Waals surface area contributed by atoms with Crippen molar-refractivity contribution in [2.75, 3.05) is 23.8 Å². The van der Waals surface area contributed by atoms with Gasteiger partial charge in [0, 0.05) is 31.5 Å². The Morgan fingerprint density at radius 3 is 2.78 bits per heavy atom. The van der Waals surface area contributed by atoms with Crippen LogP contribution in [0.2, 0.25) is 0 Å². The summed E-state index contributed by atoms with van der Waals surface area (Å²) in [6.07, 6.45) is 0.273. The number of amides is 3. The Morgan fingerprint density at radius 1 is 1.30 bits per heavy atom. The van der Waals surface area contributed by atoms with Gasteiger partial charge in [0.1, 0.15) is 5.75 Å². The summed E-state index contributed by atoms with van der Waals surface area (Å²) in [7, 11) is 1.70. The van der Waals surface area contributed by atoms with Gasteiger partial charge in [0.25, 0.3) is 5.91 Å². The van der Waals surface area contributed by atoms with Crippen molar-refractivity contribution in [2.24, 2.45) is 0 Å². The number of carbonyl (C=O) groups is 2. The molecule has 27 heavy (non-hydrogen) atoms. The van der Waals surface area contributed by atoms with E-state index in [2.05, 4.69) is 15.7 Å². The molecule has 0 fully saturated rings. The second kappa shape index (κ2) is 7.69. The molecule has 8 heteroatoms. The van der Waals surface area contributed by atoms with Crippen molar-refractivity contribution in [3.05, 3.63) is 35.7 Å². The molecule has 0 saturated heterocycles. The Labute approximate surface area is 158 Å². The minimum absolute atomic E-state index is 0.117. The highest BCUT2D eigenvalue weighted by Gasteiger charge is 2.29. The molecule has 0 saturated carbocycles. The summed E-state index contributed by atoms with van der Waals surface area (Å²) in [6.45, 7) is 6.98. The van der Waals surface area contributed by atoms with E-state index < -0.39 is 6.10 Å². The molecule has 2 heterocycles. The largest absolute Gasteiger partial charge is 0.479 e. The molecule has 0 unspecified atom stereocenters. The van der Waals surface area contributed by atoms with Crippen LogP contribution in [-0.4, -0.2) is 41.4 Å². The van der Waals surface area contributed by atoms with E-state index in [1.165, 1.54) is 0 Å². The van der Waals surface area contributed by atoms with Gasteiger partial charge in [-0.2, -0.15) is 5.10 Å². The number of nitrogens with one attached hydrogen (secondary N) is 2. The van der Waals surface area contributed by atoms with Crippen LogP contribution < -0.4 is 20.3 Å². The summed E-state index contributed by atoms with van der Waals surface area (Å²) < 4.78 is 7.52. The lowest BCUT2D eigenvalue weighted by Gasteiger charge is -2.30. The smallest absolute Gasteiger partial charge is 0.319 e. The van der Waals surface area contributed by atoms with Crippen LogP contribution in [0, 0.1) is 13.8 Å². The van der Waals surface area contributed by atoms with Crippen LogP contribution in [0.5, 0.6) is 5.75 Å². The molecule has 3 amide bonds. The number of nitrogens with zero attached hydrogens (tertiary/aromatic N) is 3. The van der Waals surface area contributed by atoms with E-state index >= 15 is 0 Å². The van der Waals surface area contributed by atoms with Gasteiger partial charge in [-0.25, -0.2) is 4.79 Å². The fourth-order valence-corrected chi connectivity index (χ4v) is 3.10. The molecule has 0 radical (unpaired) electrons. The highest BCUT2D eigenvalue weighted by Crippen LogP contribution is 2.35. The van der Waals surface area contributed by atoms with Crippen LogP contribution in [0.25, 0.3) is 0 Å². The molecule has 1 aliphatic heterocycles. The van der Waals surface area contributed by atoms with Crippen molar-refractivity contribution >= 4 is 23.3 Å². The lowest BCUT2D eigenvalue weighted by molar-refractivity contribution is -0.125. The fraction of sp³-hybridized carbons (Fsp3) is 0.421. The lowest BCUT2D eigenvalue weighted by Crippen LogP contribution is -2.42. The molecule has 2 N–H and O–H groups in total. The minimum atomic E-state index is -0.508. The van der Waals surface area contributed by atoms with Crippen LogP contribution in [0.4, 0.5) is 16.2 Å². The van der Waals surface area contributed by atoms with Crippen LogP contribution >= 0.6 is 0 Å². The van der Waals surface area contributed by atoms with Gasteiger partial charge in [0.2, 0.25) is 0 Å². The third-order valence-corrected chi connectivity index (χ3v) is 4.50. The third-order valence-electron chi connectivity index (χ3n) is 4.50. The van der Waals surface area contributed by atoms with Crippen LogP contribution in [0.15, 0.2) is 24.3 Å². The molecule has 0 aliphatic carbocycles. The number of aryl methyl sites for hydroxylation is 3. The Hall–Kier alpha value is -3.03. The molecule has 144 valence electrons. The summed E-state index contributed by atoms with van der Waals surface area (Å²) >= 11 is 0. The van der Waals surface area contributed by atoms with E-state index in [1.807, 2.05) is 24.6 Å². The Kier molecular flexibility index (Phi) is 5.34. The first-order valence-corrected chi connectivity index (χ1v) is 8.99. The van der Waals surface area contributed by atoms with Crippen molar-refractivity contribution in [1.29, 1.82) is 0 Å². The molecule has 1 aromatic heterocycles. The number of likely N-dealkylation sites (N-methyl/N-ethyl adjacent to an activating group) is 1. The molecule has 0 spiro atoms. The summed E-state index contributed by atoms with van der Waals surface area (Å²) in [5.41, 5.74) is 3.34. The lowest BCUT2D eigenvalue weighted by atomic mass is 10.2.